The lowest BCUT2D eigenvalue weighted by atomic mass is 9.96. The minimum Gasteiger partial charge on any atom is -0.494 e. The van der Waals surface area contributed by atoms with Crippen LogP contribution in [0.2, 0.25) is 5.02 Å². The van der Waals surface area contributed by atoms with Gasteiger partial charge in [-0.2, -0.15) is 0 Å². The second-order valence-corrected chi connectivity index (χ2v) is 9.46. The lowest BCUT2D eigenvalue weighted by Gasteiger charge is -2.24. The van der Waals surface area contributed by atoms with E-state index in [2.05, 4.69) is 4.99 Å². The van der Waals surface area contributed by atoms with E-state index >= 15 is 0 Å². The maximum atomic E-state index is 13.8. The first-order valence-electron chi connectivity index (χ1n) is 11.7. The van der Waals surface area contributed by atoms with Crippen molar-refractivity contribution in [3.05, 3.63) is 83.5 Å². The van der Waals surface area contributed by atoms with Gasteiger partial charge in [-0.1, -0.05) is 35.1 Å². The van der Waals surface area contributed by atoms with Crippen molar-refractivity contribution in [2.24, 2.45) is 4.99 Å². The molecular formula is C27H27ClN2O6S. The van der Waals surface area contributed by atoms with E-state index < -0.39 is 12.0 Å². The molecule has 8 nitrogen and oxygen atoms in total. The van der Waals surface area contributed by atoms with Crippen molar-refractivity contribution in [3.8, 4) is 17.2 Å². The van der Waals surface area contributed by atoms with Gasteiger partial charge in [0.25, 0.3) is 5.56 Å². The fourth-order valence-corrected chi connectivity index (χ4v) is 5.54. The van der Waals surface area contributed by atoms with Crippen LogP contribution in [-0.4, -0.2) is 38.0 Å². The highest BCUT2D eigenvalue weighted by atomic mass is 35.5. The third kappa shape index (κ3) is 5.14. The number of benzene rings is 2. The summed E-state index contributed by atoms with van der Waals surface area (Å²) < 4.78 is 23.6. The summed E-state index contributed by atoms with van der Waals surface area (Å²) in [6, 6.07) is 10.1. The van der Waals surface area contributed by atoms with E-state index in [-0.39, 0.29) is 12.2 Å². The molecule has 37 heavy (non-hydrogen) atoms. The Hall–Kier alpha value is -3.56. The minimum absolute atomic E-state index is 0.204. The SMILES string of the molecule is CCOC(=O)C1=C(C)N=c2sc(=Cc3cc(Cl)c(OC)c(OC)c3)c(=O)n2[C@H]1c1ccc(OCC)cc1. The zero-order valence-corrected chi connectivity index (χ0v) is 22.7. The second-order valence-electron chi connectivity index (χ2n) is 8.04. The highest BCUT2D eigenvalue weighted by molar-refractivity contribution is 7.07. The molecule has 1 atom stereocenters. The number of halogens is 1. The van der Waals surface area contributed by atoms with E-state index in [0.717, 1.165) is 5.56 Å². The van der Waals surface area contributed by atoms with E-state index in [4.69, 9.17) is 30.5 Å². The van der Waals surface area contributed by atoms with Crippen LogP contribution in [0.5, 0.6) is 17.2 Å². The summed E-state index contributed by atoms with van der Waals surface area (Å²) >= 11 is 7.60. The zero-order chi connectivity index (χ0) is 26.7. The van der Waals surface area contributed by atoms with Gasteiger partial charge in [0.05, 0.1) is 54.3 Å². The molecule has 1 aliphatic rings. The molecule has 194 valence electrons. The number of rotatable bonds is 8. The van der Waals surface area contributed by atoms with Crippen molar-refractivity contribution < 1.29 is 23.7 Å². The predicted molar refractivity (Wildman–Crippen MR) is 143 cm³/mol. The Kier molecular flexibility index (Phi) is 8.04. The fraction of sp³-hybridized carbons (Fsp3) is 0.296. The van der Waals surface area contributed by atoms with Crippen LogP contribution in [0.25, 0.3) is 6.08 Å². The van der Waals surface area contributed by atoms with Crippen molar-refractivity contribution in [1.29, 1.82) is 0 Å². The Labute approximate surface area is 223 Å². The number of aromatic nitrogens is 1. The number of fused-ring (bicyclic) bond motifs is 1. The van der Waals surface area contributed by atoms with Crippen LogP contribution in [0.4, 0.5) is 0 Å². The Bertz CT molecular complexity index is 1540. The molecule has 0 fully saturated rings. The number of esters is 1. The van der Waals surface area contributed by atoms with Crippen molar-refractivity contribution in [3.63, 3.8) is 0 Å². The Balaban J connectivity index is 1.91. The quantitative estimate of drug-likeness (QED) is 0.402. The Morgan fingerprint density at radius 1 is 1.14 bits per heavy atom. The summed E-state index contributed by atoms with van der Waals surface area (Å²) in [7, 11) is 3.02. The summed E-state index contributed by atoms with van der Waals surface area (Å²) in [4.78, 5) is 31.9. The fourth-order valence-electron chi connectivity index (χ4n) is 4.19. The Morgan fingerprint density at radius 2 is 1.86 bits per heavy atom. The molecule has 1 aromatic heterocycles. The van der Waals surface area contributed by atoms with E-state index in [9.17, 15) is 9.59 Å². The molecule has 1 aliphatic heterocycles. The number of carbonyl (C=O) groups is 1. The number of hydrogen-bond acceptors (Lipinski definition) is 8. The average molecular weight is 543 g/mol. The molecule has 0 unspecified atom stereocenters. The van der Waals surface area contributed by atoms with Crippen LogP contribution in [0.1, 0.15) is 37.9 Å². The van der Waals surface area contributed by atoms with Gasteiger partial charge in [-0.05, 0) is 62.2 Å². The lowest BCUT2D eigenvalue weighted by molar-refractivity contribution is -0.139. The van der Waals surface area contributed by atoms with Gasteiger partial charge in [0.1, 0.15) is 5.75 Å². The molecule has 0 aliphatic carbocycles. The number of hydrogen-bond donors (Lipinski definition) is 0. The van der Waals surface area contributed by atoms with Gasteiger partial charge in [-0.15, -0.1) is 0 Å². The van der Waals surface area contributed by atoms with Crippen LogP contribution in [-0.2, 0) is 9.53 Å². The van der Waals surface area contributed by atoms with Crippen molar-refractivity contribution in [2.45, 2.75) is 26.8 Å². The highest BCUT2D eigenvalue weighted by Crippen LogP contribution is 2.36. The molecule has 0 amide bonds. The molecule has 10 heteroatoms. The van der Waals surface area contributed by atoms with Crippen molar-refractivity contribution in [1.82, 2.24) is 4.57 Å². The highest BCUT2D eigenvalue weighted by Gasteiger charge is 2.33. The minimum atomic E-state index is -0.706. The number of methoxy groups -OCH3 is 2. The zero-order valence-electron chi connectivity index (χ0n) is 21.2. The van der Waals surface area contributed by atoms with Gasteiger partial charge >= 0.3 is 5.97 Å². The van der Waals surface area contributed by atoms with E-state index in [1.54, 1.807) is 32.1 Å². The van der Waals surface area contributed by atoms with E-state index in [0.29, 0.717) is 55.0 Å². The predicted octanol–water partition coefficient (Wildman–Crippen LogP) is 3.87. The Morgan fingerprint density at radius 3 is 2.49 bits per heavy atom. The summed E-state index contributed by atoms with van der Waals surface area (Å²) in [6.07, 6.45) is 1.72. The maximum absolute atomic E-state index is 13.8. The van der Waals surface area contributed by atoms with E-state index in [1.165, 1.54) is 30.1 Å². The number of carbonyl (C=O) groups excluding carboxylic acids is 1. The number of nitrogens with zero attached hydrogens (tertiary/aromatic N) is 2. The van der Waals surface area contributed by atoms with E-state index in [1.807, 2.05) is 31.2 Å². The van der Waals surface area contributed by atoms with Crippen LogP contribution >= 0.6 is 22.9 Å². The van der Waals surface area contributed by atoms with Crippen molar-refractivity contribution >= 4 is 35.0 Å². The summed E-state index contributed by atoms with van der Waals surface area (Å²) in [5, 5.41) is 0.355. The van der Waals surface area contributed by atoms with Crippen LogP contribution in [0.3, 0.4) is 0 Å². The second kappa shape index (κ2) is 11.2. The van der Waals surface area contributed by atoms with Crippen LogP contribution < -0.4 is 29.1 Å². The summed E-state index contributed by atoms with van der Waals surface area (Å²) in [5.74, 6) is 1.04. The van der Waals surface area contributed by atoms with Gasteiger partial charge < -0.3 is 18.9 Å². The first kappa shape index (κ1) is 26.5. The van der Waals surface area contributed by atoms with Gasteiger partial charge in [0, 0.05) is 0 Å². The molecular weight excluding hydrogens is 516 g/mol. The third-order valence-electron chi connectivity index (χ3n) is 5.78. The molecule has 0 N–H and O–H groups in total. The topological polar surface area (TPSA) is 88.4 Å². The normalized spacial score (nSPS) is 15.2. The van der Waals surface area contributed by atoms with Gasteiger partial charge in [-0.3, -0.25) is 9.36 Å². The molecule has 4 rings (SSSR count). The lowest BCUT2D eigenvalue weighted by Crippen LogP contribution is -2.39. The van der Waals surface area contributed by atoms with Gasteiger partial charge in [0.2, 0.25) is 0 Å². The van der Waals surface area contributed by atoms with Crippen LogP contribution in [0, 0.1) is 0 Å². The summed E-state index contributed by atoms with van der Waals surface area (Å²) in [6.45, 7) is 6.13. The van der Waals surface area contributed by atoms with Gasteiger partial charge in [0.15, 0.2) is 16.3 Å². The molecule has 0 saturated heterocycles. The van der Waals surface area contributed by atoms with Gasteiger partial charge in [-0.25, -0.2) is 9.79 Å². The molecule has 2 heterocycles. The number of thiazole rings is 1. The van der Waals surface area contributed by atoms with Crippen LogP contribution in [0.15, 0.2) is 57.5 Å². The monoisotopic (exact) mass is 542 g/mol. The largest absolute Gasteiger partial charge is 0.494 e. The maximum Gasteiger partial charge on any atom is 0.338 e. The first-order valence-corrected chi connectivity index (χ1v) is 12.9. The standard InChI is InChI=1S/C27H27ClN2O6S/c1-6-35-18-10-8-17(9-11-18)23-22(26(32)36-7-2)15(3)29-27-30(23)25(31)21(37-27)14-16-12-19(28)24(34-5)20(13-16)33-4/h8-14,23H,6-7H2,1-5H3/t23-/m0/s1. The smallest absolute Gasteiger partial charge is 0.338 e. The van der Waals surface area contributed by atoms with Crippen molar-refractivity contribution in [2.75, 3.05) is 27.4 Å². The molecule has 3 aromatic rings. The number of allylic oxidation sites excluding steroid dienone is 1. The molecule has 0 saturated carbocycles. The molecule has 0 bridgehead atoms. The number of ether oxygens (including phenoxy) is 4. The summed E-state index contributed by atoms with van der Waals surface area (Å²) in [5.41, 5.74) is 1.93. The average Bonchev–Trinajstić information content (AvgIpc) is 3.17. The molecule has 0 spiro atoms. The molecule has 2 aromatic carbocycles. The first-order chi connectivity index (χ1) is 17.8. The third-order valence-corrected chi connectivity index (χ3v) is 7.04. The molecule has 0 radical (unpaired) electrons.